The normalized spacial score (nSPS) is 10.5. The molecule has 4 nitrogen and oxygen atoms in total. The molecule has 106 valence electrons. The molecule has 0 saturated carbocycles. The van der Waals surface area contributed by atoms with Crippen molar-refractivity contribution in [1.82, 2.24) is 9.97 Å². The molecule has 0 aromatic carbocycles. The lowest BCUT2D eigenvalue weighted by atomic mass is 10.4. The molecule has 0 unspecified atom stereocenters. The minimum absolute atomic E-state index is 0.101. The maximum Gasteiger partial charge on any atom is 0.212 e. The lowest BCUT2D eigenvalue weighted by Gasteiger charge is -1.89. The van der Waals surface area contributed by atoms with Gasteiger partial charge < -0.3 is 9.97 Å². The van der Waals surface area contributed by atoms with Gasteiger partial charge in [0.25, 0.3) is 0 Å². The summed E-state index contributed by atoms with van der Waals surface area (Å²) in [6.45, 7) is 0. The van der Waals surface area contributed by atoms with Crippen LogP contribution in [0.1, 0.15) is 0 Å². The summed E-state index contributed by atoms with van der Waals surface area (Å²) in [5.74, 6) is 0. The number of H-pyrrole nitrogens is 2. The van der Waals surface area contributed by atoms with Crippen molar-refractivity contribution in [3.8, 4) is 0 Å². The van der Waals surface area contributed by atoms with Crippen molar-refractivity contribution in [2.24, 2.45) is 0 Å². The SMILES string of the molecule is O=c1c(I)c[nH]c2ccsc12.O=c1cc[nH]c2ccsc12. The minimum Gasteiger partial charge on any atom is -0.360 e. The van der Waals surface area contributed by atoms with E-state index in [2.05, 4.69) is 9.97 Å². The Hall–Kier alpha value is -1.45. The molecule has 0 bridgehead atoms. The molecule has 4 rings (SSSR count). The van der Waals surface area contributed by atoms with E-state index in [1.165, 1.54) is 22.7 Å². The summed E-state index contributed by atoms with van der Waals surface area (Å²) in [6.07, 6.45) is 3.40. The molecule has 0 spiro atoms. The van der Waals surface area contributed by atoms with Crippen LogP contribution in [0.4, 0.5) is 0 Å². The number of fused-ring (bicyclic) bond motifs is 2. The fraction of sp³-hybridized carbons (Fsp3) is 0. The van der Waals surface area contributed by atoms with Crippen LogP contribution in [0.3, 0.4) is 0 Å². The van der Waals surface area contributed by atoms with E-state index in [4.69, 9.17) is 0 Å². The Morgan fingerprint density at radius 2 is 1.57 bits per heavy atom. The Kier molecular flexibility index (Phi) is 4.22. The Bertz CT molecular complexity index is 1010. The number of hydrogen-bond acceptors (Lipinski definition) is 4. The molecule has 0 saturated heterocycles. The van der Waals surface area contributed by atoms with Gasteiger partial charge in [0.15, 0.2) is 5.43 Å². The van der Waals surface area contributed by atoms with E-state index in [0.717, 1.165) is 24.0 Å². The van der Waals surface area contributed by atoms with Gasteiger partial charge >= 0.3 is 0 Å². The summed E-state index contributed by atoms with van der Waals surface area (Å²) in [5, 5.41) is 3.82. The summed E-state index contributed by atoms with van der Waals surface area (Å²) < 4.78 is 2.37. The molecular weight excluding hydrogens is 419 g/mol. The molecule has 4 aromatic rings. The topological polar surface area (TPSA) is 65.7 Å². The summed E-state index contributed by atoms with van der Waals surface area (Å²) >= 11 is 4.98. The van der Waals surface area contributed by atoms with Gasteiger partial charge in [0.2, 0.25) is 5.43 Å². The number of nitrogens with one attached hydrogen (secondary N) is 2. The lowest BCUT2D eigenvalue weighted by molar-refractivity contribution is 1.38. The van der Waals surface area contributed by atoms with Crippen molar-refractivity contribution in [2.45, 2.75) is 0 Å². The molecule has 0 aliphatic rings. The van der Waals surface area contributed by atoms with Crippen LogP contribution in [0, 0.1) is 3.57 Å². The number of pyridine rings is 2. The maximum atomic E-state index is 11.4. The van der Waals surface area contributed by atoms with Crippen LogP contribution in [-0.2, 0) is 0 Å². The quantitative estimate of drug-likeness (QED) is 0.419. The van der Waals surface area contributed by atoms with Crippen molar-refractivity contribution >= 4 is 65.7 Å². The van der Waals surface area contributed by atoms with Crippen LogP contribution in [0.15, 0.2) is 50.9 Å². The first-order valence-electron chi connectivity index (χ1n) is 5.96. The molecule has 4 heterocycles. The molecule has 2 N–H and O–H groups in total. The van der Waals surface area contributed by atoms with Crippen molar-refractivity contribution < 1.29 is 0 Å². The van der Waals surface area contributed by atoms with Gasteiger partial charge in [0.1, 0.15) is 0 Å². The molecule has 0 amide bonds. The Labute approximate surface area is 140 Å². The molecule has 4 aromatic heterocycles. The molecule has 0 radical (unpaired) electrons. The summed E-state index contributed by atoms with van der Waals surface area (Å²) in [6, 6.07) is 5.36. The highest BCUT2D eigenvalue weighted by Gasteiger charge is 2.01. The van der Waals surface area contributed by atoms with Crippen LogP contribution < -0.4 is 10.9 Å². The maximum absolute atomic E-state index is 11.4. The average Bonchev–Trinajstić information content (AvgIpc) is 3.13. The molecule has 0 fully saturated rings. The van der Waals surface area contributed by atoms with E-state index in [1.54, 1.807) is 18.5 Å². The second-order valence-corrected chi connectivity index (χ2v) is 7.13. The van der Waals surface area contributed by atoms with Gasteiger partial charge in [-0.15, -0.1) is 22.7 Å². The van der Waals surface area contributed by atoms with Gasteiger partial charge in [0, 0.05) is 18.5 Å². The van der Waals surface area contributed by atoms with Crippen molar-refractivity contribution in [3.05, 3.63) is 65.4 Å². The standard InChI is InChI=1S/C7H4INOS.C7H5NOS/c8-4-3-9-5-1-2-11-7(5)6(4)10;9-6-1-3-8-5-2-4-10-7(5)6/h1-3H,(H,9,10);1-4H,(H,8,9). The van der Waals surface area contributed by atoms with Gasteiger partial charge in [-0.2, -0.15) is 0 Å². The Morgan fingerprint density at radius 3 is 2.29 bits per heavy atom. The van der Waals surface area contributed by atoms with Crippen LogP contribution in [-0.4, -0.2) is 9.97 Å². The molecule has 21 heavy (non-hydrogen) atoms. The third-order valence-electron chi connectivity index (χ3n) is 2.81. The first-order valence-corrected chi connectivity index (χ1v) is 8.80. The van der Waals surface area contributed by atoms with E-state index in [0.29, 0.717) is 0 Å². The van der Waals surface area contributed by atoms with Crippen molar-refractivity contribution in [2.75, 3.05) is 0 Å². The minimum atomic E-state index is 0.101. The number of aromatic nitrogens is 2. The van der Waals surface area contributed by atoms with Gasteiger partial charge in [0.05, 0.1) is 24.0 Å². The monoisotopic (exact) mass is 428 g/mol. The molecule has 0 atom stereocenters. The Morgan fingerprint density at radius 1 is 0.905 bits per heavy atom. The first kappa shape index (κ1) is 14.5. The second kappa shape index (κ2) is 6.12. The van der Waals surface area contributed by atoms with Gasteiger partial charge in [-0.05, 0) is 45.5 Å². The van der Waals surface area contributed by atoms with Crippen molar-refractivity contribution in [1.29, 1.82) is 0 Å². The lowest BCUT2D eigenvalue weighted by Crippen LogP contribution is -2.03. The fourth-order valence-electron chi connectivity index (χ4n) is 1.81. The van der Waals surface area contributed by atoms with Crippen LogP contribution in [0.2, 0.25) is 0 Å². The third-order valence-corrected chi connectivity index (χ3v) is 5.45. The Balaban J connectivity index is 0.000000126. The summed E-state index contributed by atoms with van der Waals surface area (Å²) in [7, 11) is 0. The molecular formula is C14H9IN2O2S2. The molecule has 7 heteroatoms. The van der Waals surface area contributed by atoms with E-state index < -0.39 is 0 Å². The zero-order chi connectivity index (χ0) is 14.8. The highest BCUT2D eigenvalue weighted by Crippen LogP contribution is 2.15. The van der Waals surface area contributed by atoms with Gasteiger partial charge in [-0.1, -0.05) is 0 Å². The third kappa shape index (κ3) is 2.94. The largest absolute Gasteiger partial charge is 0.360 e. The van der Waals surface area contributed by atoms with Crippen molar-refractivity contribution in [3.63, 3.8) is 0 Å². The van der Waals surface area contributed by atoms with E-state index in [-0.39, 0.29) is 10.9 Å². The number of rotatable bonds is 0. The number of hydrogen-bond donors (Lipinski definition) is 2. The van der Waals surface area contributed by atoms with E-state index >= 15 is 0 Å². The molecule has 0 aliphatic carbocycles. The number of aromatic amines is 2. The summed E-state index contributed by atoms with van der Waals surface area (Å²) in [4.78, 5) is 28.4. The van der Waals surface area contributed by atoms with E-state index in [1.807, 2.05) is 45.5 Å². The zero-order valence-electron chi connectivity index (χ0n) is 10.6. The second-order valence-electron chi connectivity index (χ2n) is 4.13. The number of thiophene rings is 2. The van der Waals surface area contributed by atoms with Crippen LogP contribution in [0.5, 0.6) is 0 Å². The predicted molar refractivity (Wildman–Crippen MR) is 97.6 cm³/mol. The molecule has 0 aliphatic heterocycles. The first-order chi connectivity index (χ1) is 10.2. The smallest absolute Gasteiger partial charge is 0.212 e. The van der Waals surface area contributed by atoms with Crippen LogP contribution >= 0.6 is 45.3 Å². The summed E-state index contributed by atoms with van der Waals surface area (Å²) in [5.41, 5.74) is 2.09. The predicted octanol–water partition coefficient (Wildman–Crippen LogP) is 3.78. The highest BCUT2D eigenvalue weighted by atomic mass is 127. The van der Waals surface area contributed by atoms with Crippen LogP contribution in [0.25, 0.3) is 20.4 Å². The number of halogens is 1. The highest BCUT2D eigenvalue weighted by molar-refractivity contribution is 14.1. The average molecular weight is 428 g/mol. The van der Waals surface area contributed by atoms with Gasteiger partial charge in [-0.3, -0.25) is 9.59 Å². The fourth-order valence-corrected chi connectivity index (χ4v) is 4.01. The zero-order valence-corrected chi connectivity index (χ0v) is 14.3. The van der Waals surface area contributed by atoms with Gasteiger partial charge in [-0.25, -0.2) is 0 Å². The van der Waals surface area contributed by atoms with E-state index in [9.17, 15) is 9.59 Å².